The van der Waals surface area contributed by atoms with E-state index in [9.17, 15) is 14.7 Å². The number of carbonyl (C=O) groups excluding carboxylic acids is 2. The monoisotopic (exact) mass is 407 g/mol. The molecule has 0 saturated carbocycles. The van der Waals surface area contributed by atoms with Crippen LogP contribution in [-0.2, 0) is 9.59 Å². The smallest absolute Gasteiger partial charge is 0.295 e. The van der Waals surface area contributed by atoms with Crippen molar-refractivity contribution in [2.75, 3.05) is 19.8 Å². The summed E-state index contributed by atoms with van der Waals surface area (Å²) in [6.07, 6.45) is 1.56. The molecule has 0 bridgehead atoms. The van der Waals surface area contributed by atoms with Crippen molar-refractivity contribution in [1.82, 2.24) is 4.90 Å². The molecular weight excluding hydrogens is 382 g/mol. The van der Waals surface area contributed by atoms with Crippen molar-refractivity contribution in [2.45, 2.75) is 19.9 Å². The molecule has 1 N–H and O–H groups in total. The fourth-order valence-electron chi connectivity index (χ4n) is 3.50. The normalized spacial score (nSPS) is 17.8. The molecule has 1 heterocycles. The minimum absolute atomic E-state index is 0.0511. The second-order valence-electron chi connectivity index (χ2n) is 6.70. The minimum Gasteiger partial charge on any atom is -0.507 e. The number of likely N-dealkylation sites (tertiary alicyclic amines) is 1. The molecule has 6 heteroatoms. The van der Waals surface area contributed by atoms with Gasteiger partial charge in [-0.05, 0) is 55.8 Å². The zero-order chi connectivity index (χ0) is 21.7. The first kappa shape index (κ1) is 21.2. The minimum atomic E-state index is -0.720. The molecule has 0 radical (unpaired) electrons. The van der Waals surface area contributed by atoms with E-state index in [4.69, 9.17) is 9.47 Å². The van der Waals surface area contributed by atoms with E-state index in [1.165, 1.54) is 4.90 Å². The Kier molecular flexibility index (Phi) is 6.57. The number of carbonyl (C=O) groups is 2. The van der Waals surface area contributed by atoms with Crippen LogP contribution in [0.3, 0.4) is 0 Å². The summed E-state index contributed by atoms with van der Waals surface area (Å²) in [6.45, 7) is 8.70. The number of rotatable bonds is 8. The zero-order valence-electron chi connectivity index (χ0n) is 17.1. The van der Waals surface area contributed by atoms with Crippen molar-refractivity contribution in [3.05, 3.63) is 77.9 Å². The first-order chi connectivity index (χ1) is 14.5. The van der Waals surface area contributed by atoms with E-state index < -0.39 is 17.7 Å². The standard InChI is InChI=1S/C24H25NO5/c1-4-15-25-21(16-7-11-18(12-8-16)29-5-2)20(23(27)24(25)28)22(26)17-9-13-19(14-10-17)30-6-3/h4,7-14,21,26H,1,5-6,15H2,2-3H3/b22-20-. The van der Waals surface area contributed by atoms with Crippen LogP contribution in [0.15, 0.2) is 66.8 Å². The number of hydrogen-bond acceptors (Lipinski definition) is 5. The van der Waals surface area contributed by atoms with Crippen molar-refractivity contribution in [2.24, 2.45) is 0 Å². The molecule has 0 aromatic heterocycles. The first-order valence-electron chi connectivity index (χ1n) is 9.87. The molecule has 30 heavy (non-hydrogen) atoms. The average Bonchev–Trinajstić information content (AvgIpc) is 3.00. The lowest BCUT2D eigenvalue weighted by atomic mass is 9.95. The summed E-state index contributed by atoms with van der Waals surface area (Å²) in [5.41, 5.74) is 1.19. The zero-order valence-corrected chi connectivity index (χ0v) is 17.1. The molecule has 0 aliphatic carbocycles. The maximum absolute atomic E-state index is 12.8. The lowest BCUT2D eigenvalue weighted by molar-refractivity contribution is -0.139. The number of benzene rings is 2. The van der Waals surface area contributed by atoms with Gasteiger partial charge in [-0.25, -0.2) is 0 Å². The lowest BCUT2D eigenvalue weighted by Crippen LogP contribution is -2.29. The third-order valence-corrected chi connectivity index (χ3v) is 4.81. The molecule has 3 rings (SSSR count). The molecule has 1 unspecified atom stereocenters. The van der Waals surface area contributed by atoms with E-state index in [0.29, 0.717) is 35.8 Å². The van der Waals surface area contributed by atoms with Gasteiger partial charge in [-0.1, -0.05) is 18.2 Å². The summed E-state index contributed by atoms with van der Waals surface area (Å²) >= 11 is 0. The van der Waals surface area contributed by atoms with Gasteiger partial charge in [0.2, 0.25) is 0 Å². The van der Waals surface area contributed by atoms with Crippen molar-refractivity contribution >= 4 is 17.4 Å². The third kappa shape index (κ3) is 4.08. The van der Waals surface area contributed by atoms with Crippen molar-refractivity contribution in [3.63, 3.8) is 0 Å². The van der Waals surface area contributed by atoms with Crippen LogP contribution >= 0.6 is 0 Å². The first-order valence-corrected chi connectivity index (χ1v) is 9.87. The molecule has 1 atom stereocenters. The molecule has 0 spiro atoms. The summed E-state index contributed by atoms with van der Waals surface area (Å²) < 4.78 is 10.9. The number of aliphatic hydroxyl groups is 1. The van der Waals surface area contributed by atoms with Crippen molar-refractivity contribution in [1.29, 1.82) is 0 Å². The number of hydrogen-bond donors (Lipinski definition) is 1. The molecule has 2 aromatic carbocycles. The maximum Gasteiger partial charge on any atom is 0.295 e. The molecular formula is C24H25NO5. The highest BCUT2D eigenvalue weighted by molar-refractivity contribution is 6.46. The third-order valence-electron chi connectivity index (χ3n) is 4.81. The number of ether oxygens (including phenoxy) is 2. The Hall–Kier alpha value is -3.54. The predicted octanol–water partition coefficient (Wildman–Crippen LogP) is 4.09. The summed E-state index contributed by atoms with van der Waals surface area (Å²) in [6, 6.07) is 13.2. The fraction of sp³-hybridized carbons (Fsp3) is 0.250. The number of ketones is 1. The molecule has 1 saturated heterocycles. The van der Waals surface area contributed by atoms with Crippen LogP contribution in [0.4, 0.5) is 0 Å². The summed E-state index contributed by atoms with van der Waals surface area (Å²) in [5.74, 6) is -0.261. The Morgan fingerprint density at radius 2 is 1.53 bits per heavy atom. The van der Waals surface area contributed by atoms with E-state index in [1.54, 1.807) is 54.6 Å². The van der Waals surface area contributed by atoms with Gasteiger partial charge in [-0.15, -0.1) is 6.58 Å². The highest BCUT2D eigenvalue weighted by Crippen LogP contribution is 2.39. The van der Waals surface area contributed by atoms with Crippen LogP contribution in [0.5, 0.6) is 11.5 Å². The number of amides is 1. The molecule has 1 fully saturated rings. The average molecular weight is 407 g/mol. The molecule has 6 nitrogen and oxygen atoms in total. The van der Waals surface area contributed by atoms with Crippen molar-refractivity contribution < 1.29 is 24.2 Å². The van der Waals surface area contributed by atoms with E-state index in [0.717, 1.165) is 0 Å². The van der Waals surface area contributed by atoms with Crippen LogP contribution in [0.25, 0.3) is 5.76 Å². The van der Waals surface area contributed by atoms with Gasteiger partial charge in [0.1, 0.15) is 17.3 Å². The molecule has 156 valence electrons. The Balaban J connectivity index is 2.08. The van der Waals surface area contributed by atoms with Gasteiger partial charge < -0.3 is 19.5 Å². The topological polar surface area (TPSA) is 76.1 Å². The van der Waals surface area contributed by atoms with Crippen LogP contribution in [0, 0.1) is 0 Å². The van der Waals surface area contributed by atoms with E-state index in [-0.39, 0.29) is 17.9 Å². The van der Waals surface area contributed by atoms with Crippen molar-refractivity contribution in [3.8, 4) is 11.5 Å². The van der Waals surface area contributed by atoms with Gasteiger partial charge in [0.15, 0.2) is 0 Å². The maximum atomic E-state index is 12.8. The van der Waals surface area contributed by atoms with Gasteiger partial charge in [0.05, 0.1) is 24.8 Å². The fourth-order valence-corrected chi connectivity index (χ4v) is 3.50. The largest absolute Gasteiger partial charge is 0.507 e. The summed E-state index contributed by atoms with van der Waals surface area (Å²) in [7, 11) is 0. The van der Waals surface area contributed by atoms with Gasteiger partial charge in [-0.2, -0.15) is 0 Å². The Morgan fingerprint density at radius 3 is 2.03 bits per heavy atom. The van der Waals surface area contributed by atoms with Crippen LogP contribution in [0.2, 0.25) is 0 Å². The highest BCUT2D eigenvalue weighted by atomic mass is 16.5. The second-order valence-corrected chi connectivity index (χ2v) is 6.70. The second kappa shape index (κ2) is 9.31. The summed E-state index contributed by atoms with van der Waals surface area (Å²) in [4.78, 5) is 26.9. The quantitative estimate of drug-likeness (QED) is 0.309. The molecule has 1 aliphatic rings. The van der Waals surface area contributed by atoms with Gasteiger partial charge in [0.25, 0.3) is 11.7 Å². The number of Topliss-reactive ketones (excluding diaryl/α,β-unsaturated/α-hetero) is 1. The van der Waals surface area contributed by atoms with Crippen LogP contribution in [-0.4, -0.2) is 41.5 Å². The number of nitrogens with zero attached hydrogens (tertiary/aromatic N) is 1. The molecule has 1 amide bonds. The molecule has 2 aromatic rings. The number of aliphatic hydroxyl groups excluding tert-OH is 1. The van der Waals surface area contributed by atoms with E-state index in [2.05, 4.69) is 6.58 Å². The van der Waals surface area contributed by atoms with Crippen LogP contribution in [0.1, 0.15) is 31.0 Å². The Morgan fingerprint density at radius 1 is 1.00 bits per heavy atom. The van der Waals surface area contributed by atoms with Gasteiger partial charge in [-0.3, -0.25) is 9.59 Å². The lowest BCUT2D eigenvalue weighted by Gasteiger charge is -2.24. The SMILES string of the molecule is C=CCN1C(=O)C(=O)/C(=C(\O)c2ccc(OCC)cc2)C1c1ccc(OCC)cc1. The Bertz CT molecular complexity index is 960. The predicted molar refractivity (Wildman–Crippen MR) is 114 cm³/mol. The molecule has 1 aliphatic heterocycles. The summed E-state index contributed by atoms with van der Waals surface area (Å²) in [5, 5.41) is 11.0. The van der Waals surface area contributed by atoms with E-state index in [1.807, 2.05) is 13.8 Å². The van der Waals surface area contributed by atoms with E-state index >= 15 is 0 Å². The Labute approximate surface area is 176 Å². The van der Waals surface area contributed by atoms with Gasteiger partial charge >= 0.3 is 0 Å². The highest BCUT2D eigenvalue weighted by Gasteiger charge is 2.45. The van der Waals surface area contributed by atoms with Crippen LogP contribution < -0.4 is 9.47 Å². The van der Waals surface area contributed by atoms with Gasteiger partial charge in [0, 0.05) is 12.1 Å².